The Morgan fingerprint density at radius 1 is 1.26 bits per heavy atom. The SMILES string of the molecule is N#Cc1cc(CN)ccc1Oc1ccc(F)c(Cl)c1. The molecule has 3 nitrogen and oxygen atoms in total. The topological polar surface area (TPSA) is 59.0 Å². The van der Waals surface area contributed by atoms with Crippen molar-refractivity contribution in [3.63, 3.8) is 0 Å². The normalized spacial score (nSPS) is 10.0. The molecular formula is C14H10ClFN2O. The molecule has 0 aliphatic rings. The van der Waals surface area contributed by atoms with Crippen LogP contribution in [0.3, 0.4) is 0 Å². The van der Waals surface area contributed by atoms with Gasteiger partial charge in [-0.2, -0.15) is 5.26 Å². The van der Waals surface area contributed by atoms with Crippen LogP contribution in [0.15, 0.2) is 36.4 Å². The minimum Gasteiger partial charge on any atom is -0.456 e. The standard InChI is InChI=1S/C14H10ClFN2O/c15-12-6-11(2-3-13(12)16)19-14-4-1-9(7-17)5-10(14)8-18/h1-6H,7,17H2. The second kappa shape index (κ2) is 5.70. The highest BCUT2D eigenvalue weighted by atomic mass is 35.5. The summed E-state index contributed by atoms with van der Waals surface area (Å²) in [5, 5.41) is 9.03. The summed E-state index contributed by atoms with van der Waals surface area (Å²) in [6.45, 7) is 0.345. The summed E-state index contributed by atoms with van der Waals surface area (Å²) in [7, 11) is 0. The zero-order valence-electron chi connectivity index (χ0n) is 9.86. The third-order valence-electron chi connectivity index (χ3n) is 2.52. The van der Waals surface area contributed by atoms with E-state index in [2.05, 4.69) is 0 Å². The number of nitrogens with zero attached hydrogens (tertiary/aromatic N) is 1. The Balaban J connectivity index is 2.33. The van der Waals surface area contributed by atoms with Crippen LogP contribution in [-0.4, -0.2) is 0 Å². The van der Waals surface area contributed by atoms with Crippen molar-refractivity contribution in [2.75, 3.05) is 0 Å². The van der Waals surface area contributed by atoms with Gasteiger partial charge in [0.05, 0.1) is 10.6 Å². The van der Waals surface area contributed by atoms with Gasteiger partial charge >= 0.3 is 0 Å². The van der Waals surface area contributed by atoms with Crippen molar-refractivity contribution >= 4 is 11.6 Å². The number of rotatable bonds is 3. The monoisotopic (exact) mass is 276 g/mol. The van der Waals surface area contributed by atoms with Crippen LogP contribution in [-0.2, 0) is 6.54 Å². The lowest BCUT2D eigenvalue weighted by molar-refractivity contribution is 0.479. The fourth-order valence-electron chi connectivity index (χ4n) is 1.55. The largest absolute Gasteiger partial charge is 0.456 e. The van der Waals surface area contributed by atoms with Gasteiger partial charge in [0.25, 0.3) is 0 Å². The molecule has 0 saturated carbocycles. The lowest BCUT2D eigenvalue weighted by atomic mass is 10.1. The molecule has 2 N–H and O–H groups in total. The summed E-state index contributed by atoms with van der Waals surface area (Å²) in [4.78, 5) is 0. The molecule has 5 heteroatoms. The summed E-state index contributed by atoms with van der Waals surface area (Å²) in [6, 6.07) is 11.1. The third-order valence-corrected chi connectivity index (χ3v) is 2.81. The maximum atomic E-state index is 13.0. The van der Waals surface area contributed by atoms with Gasteiger partial charge in [0, 0.05) is 12.6 Å². The van der Waals surface area contributed by atoms with E-state index in [1.165, 1.54) is 18.2 Å². The van der Waals surface area contributed by atoms with Crippen molar-refractivity contribution in [2.24, 2.45) is 5.73 Å². The number of nitrogens with two attached hydrogens (primary N) is 1. The summed E-state index contributed by atoms with van der Waals surface area (Å²) in [5.74, 6) is 0.221. The molecule has 2 aromatic carbocycles. The van der Waals surface area contributed by atoms with E-state index in [-0.39, 0.29) is 5.02 Å². The van der Waals surface area contributed by atoms with Crippen LogP contribution in [0.2, 0.25) is 5.02 Å². The summed E-state index contributed by atoms with van der Waals surface area (Å²) < 4.78 is 18.5. The van der Waals surface area contributed by atoms with Gasteiger partial charge in [-0.1, -0.05) is 17.7 Å². The van der Waals surface area contributed by atoms with E-state index in [1.807, 2.05) is 6.07 Å². The van der Waals surface area contributed by atoms with Gasteiger partial charge in [-0.25, -0.2) is 4.39 Å². The van der Waals surface area contributed by atoms with Crippen LogP contribution in [0, 0.1) is 17.1 Å². The Morgan fingerprint density at radius 2 is 2.05 bits per heavy atom. The zero-order valence-corrected chi connectivity index (χ0v) is 10.6. The van der Waals surface area contributed by atoms with E-state index < -0.39 is 5.82 Å². The maximum Gasteiger partial charge on any atom is 0.145 e. The van der Waals surface area contributed by atoms with Crippen LogP contribution >= 0.6 is 11.6 Å². The first kappa shape index (κ1) is 13.3. The van der Waals surface area contributed by atoms with Crippen LogP contribution < -0.4 is 10.5 Å². The molecule has 0 aliphatic heterocycles. The molecule has 19 heavy (non-hydrogen) atoms. The molecular weight excluding hydrogens is 267 g/mol. The van der Waals surface area contributed by atoms with Crippen molar-refractivity contribution in [3.8, 4) is 17.6 Å². The second-order valence-corrected chi connectivity index (χ2v) is 4.23. The van der Waals surface area contributed by atoms with Crippen LogP contribution in [0.5, 0.6) is 11.5 Å². The fraction of sp³-hybridized carbons (Fsp3) is 0.0714. The van der Waals surface area contributed by atoms with Gasteiger partial charge in [-0.05, 0) is 29.8 Å². The summed E-state index contributed by atoms with van der Waals surface area (Å²) >= 11 is 5.66. The smallest absolute Gasteiger partial charge is 0.145 e. The summed E-state index contributed by atoms with van der Waals surface area (Å²) in [5.41, 5.74) is 6.70. The molecule has 0 aromatic heterocycles. The molecule has 0 radical (unpaired) electrons. The molecule has 0 unspecified atom stereocenters. The highest BCUT2D eigenvalue weighted by Gasteiger charge is 2.07. The number of benzene rings is 2. The Morgan fingerprint density at radius 3 is 2.68 bits per heavy atom. The zero-order chi connectivity index (χ0) is 13.8. The van der Waals surface area contributed by atoms with E-state index in [4.69, 9.17) is 27.3 Å². The van der Waals surface area contributed by atoms with Gasteiger partial charge in [0.2, 0.25) is 0 Å². The molecule has 96 valence electrons. The highest BCUT2D eigenvalue weighted by Crippen LogP contribution is 2.28. The van der Waals surface area contributed by atoms with Gasteiger partial charge in [-0.3, -0.25) is 0 Å². The first-order valence-corrected chi connectivity index (χ1v) is 5.88. The first-order valence-electron chi connectivity index (χ1n) is 5.50. The molecule has 0 fully saturated rings. The van der Waals surface area contributed by atoms with E-state index in [0.29, 0.717) is 23.6 Å². The Hall–Kier alpha value is -2.09. The van der Waals surface area contributed by atoms with E-state index in [1.54, 1.807) is 18.2 Å². The molecule has 0 heterocycles. The van der Waals surface area contributed by atoms with Gasteiger partial charge in [0.1, 0.15) is 23.4 Å². The number of halogens is 2. The van der Waals surface area contributed by atoms with Crippen molar-refractivity contribution in [3.05, 3.63) is 58.4 Å². The molecule has 2 rings (SSSR count). The number of hydrogen-bond donors (Lipinski definition) is 1. The molecule has 0 spiro atoms. The Labute approximate surface area is 115 Å². The molecule has 0 saturated heterocycles. The van der Waals surface area contributed by atoms with Gasteiger partial charge in [-0.15, -0.1) is 0 Å². The second-order valence-electron chi connectivity index (χ2n) is 3.82. The highest BCUT2D eigenvalue weighted by molar-refractivity contribution is 6.30. The molecule has 0 amide bonds. The minimum absolute atomic E-state index is 0.0328. The number of hydrogen-bond acceptors (Lipinski definition) is 3. The van der Waals surface area contributed by atoms with Crippen molar-refractivity contribution < 1.29 is 9.13 Å². The number of nitriles is 1. The van der Waals surface area contributed by atoms with E-state index >= 15 is 0 Å². The van der Waals surface area contributed by atoms with Crippen LogP contribution in [0.1, 0.15) is 11.1 Å². The van der Waals surface area contributed by atoms with Crippen molar-refractivity contribution in [1.29, 1.82) is 5.26 Å². The Bertz CT molecular complexity index is 652. The lowest BCUT2D eigenvalue weighted by Crippen LogP contribution is -1.97. The molecule has 0 atom stereocenters. The van der Waals surface area contributed by atoms with E-state index in [0.717, 1.165) is 5.56 Å². The molecule has 0 aliphatic carbocycles. The van der Waals surface area contributed by atoms with Crippen LogP contribution in [0.4, 0.5) is 4.39 Å². The first-order chi connectivity index (χ1) is 9.13. The predicted molar refractivity (Wildman–Crippen MR) is 70.5 cm³/mol. The van der Waals surface area contributed by atoms with E-state index in [9.17, 15) is 4.39 Å². The predicted octanol–water partition coefficient (Wildman–Crippen LogP) is 3.60. The van der Waals surface area contributed by atoms with Crippen molar-refractivity contribution in [2.45, 2.75) is 6.54 Å². The molecule has 0 bridgehead atoms. The fourth-order valence-corrected chi connectivity index (χ4v) is 1.72. The van der Waals surface area contributed by atoms with Crippen molar-refractivity contribution in [1.82, 2.24) is 0 Å². The minimum atomic E-state index is -0.520. The van der Waals surface area contributed by atoms with Gasteiger partial charge in [0.15, 0.2) is 0 Å². The molecule has 2 aromatic rings. The van der Waals surface area contributed by atoms with Gasteiger partial charge < -0.3 is 10.5 Å². The Kier molecular flexibility index (Phi) is 4.00. The average molecular weight is 277 g/mol. The average Bonchev–Trinajstić information content (AvgIpc) is 2.43. The summed E-state index contributed by atoms with van der Waals surface area (Å²) in [6.07, 6.45) is 0. The third kappa shape index (κ3) is 3.02. The quantitative estimate of drug-likeness (QED) is 0.932. The lowest BCUT2D eigenvalue weighted by Gasteiger charge is -2.09. The van der Waals surface area contributed by atoms with Crippen LogP contribution in [0.25, 0.3) is 0 Å². The number of ether oxygens (including phenoxy) is 1. The maximum absolute atomic E-state index is 13.0.